The van der Waals surface area contributed by atoms with Crippen LogP contribution in [0.3, 0.4) is 0 Å². The standard InChI is InChI=1S/C17H21N3O5/c1-24-14-4-3-12(11-15(14)25-2)5-8-18-16(21)7-10-20-9-6-13(19-20)17(22)23/h3-4,6,9,11H,5,7-8,10H2,1-2H3,(H,18,21)(H,22,23). The van der Waals surface area contributed by atoms with Crippen LogP contribution in [0.1, 0.15) is 22.5 Å². The zero-order valence-electron chi connectivity index (χ0n) is 14.2. The van der Waals surface area contributed by atoms with E-state index in [-0.39, 0.29) is 18.0 Å². The fraction of sp³-hybridized carbons (Fsp3) is 0.353. The van der Waals surface area contributed by atoms with Gasteiger partial charge in [-0.1, -0.05) is 6.07 Å². The second kappa shape index (κ2) is 8.72. The van der Waals surface area contributed by atoms with Crippen LogP contribution >= 0.6 is 0 Å². The van der Waals surface area contributed by atoms with E-state index in [4.69, 9.17) is 14.6 Å². The number of benzene rings is 1. The van der Waals surface area contributed by atoms with Crippen molar-refractivity contribution in [3.8, 4) is 11.5 Å². The van der Waals surface area contributed by atoms with Crippen molar-refractivity contribution in [1.29, 1.82) is 0 Å². The number of nitrogens with one attached hydrogen (secondary N) is 1. The maximum absolute atomic E-state index is 11.9. The minimum absolute atomic E-state index is 0.0335. The highest BCUT2D eigenvalue weighted by molar-refractivity contribution is 5.85. The van der Waals surface area contributed by atoms with Crippen molar-refractivity contribution in [3.63, 3.8) is 0 Å². The van der Waals surface area contributed by atoms with Crippen LogP contribution in [-0.4, -0.2) is 47.5 Å². The summed E-state index contributed by atoms with van der Waals surface area (Å²) in [5, 5.41) is 15.5. The van der Waals surface area contributed by atoms with E-state index in [1.807, 2.05) is 18.2 Å². The maximum Gasteiger partial charge on any atom is 0.356 e. The SMILES string of the molecule is COc1ccc(CCNC(=O)CCn2ccc(C(=O)O)n2)cc1OC. The van der Waals surface area contributed by atoms with Crippen LogP contribution in [-0.2, 0) is 17.8 Å². The highest BCUT2D eigenvalue weighted by Gasteiger charge is 2.08. The van der Waals surface area contributed by atoms with Gasteiger partial charge in [-0.2, -0.15) is 5.10 Å². The summed E-state index contributed by atoms with van der Waals surface area (Å²) in [6.07, 6.45) is 2.43. The predicted octanol–water partition coefficient (Wildman–Crippen LogP) is 1.35. The highest BCUT2D eigenvalue weighted by Crippen LogP contribution is 2.27. The van der Waals surface area contributed by atoms with Crippen molar-refractivity contribution >= 4 is 11.9 Å². The van der Waals surface area contributed by atoms with Crippen molar-refractivity contribution in [1.82, 2.24) is 15.1 Å². The minimum atomic E-state index is -1.09. The molecule has 8 nitrogen and oxygen atoms in total. The van der Waals surface area contributed by atoms with Gasteiger partial charge in [-0.05, 0) is 30.2 Å². The van der Waals surface area contributed by atoms with Gasteiger partial charge in [-0.3, -0.25) is 9.48 Å². The number of aryl methyl sites for hydroxylation is 1. The van der Waals surface area contributed by atoms with Gasteiger partial charge in [0.1, 0.15) is 0 Å². The topological polar surface area (TPSA) is 103 Å². The number of rotatable bonds is 9. The molecular formula is C17H21N3O5. The Bertz CT molecular complexity index is 742. The Morgan fingerprint density at radius 2 is 1.96 bits per heavy atom. The average Bonchev–Trinajstić information content (AvgIpc) is 3.09. The highest BCUT2D eigenvalue weighted by atomic mass is 16.5. The Hall–Kier alpha value is -3.03. The van der Waals surface area contributed by atoms with Gasteiger partial charge in [0.15, 0.2) is 17.2 Å². The fourth-order valence-electron chi connectivity index (χ4n) is 2.29. The molecule has 2 aromatic rings. The maximum atomic E-state index is 11.9. The molecule has 0 aliphatic rings. The van der Waals surface area contributed by atoms with Gasteiger partial charge in [0.2, 0.25) is 5.91 Å². The molecule has 0 fully saturated rings. The van der Waals surface area contributed by atoms with Crippen LogP contribution < -0.4 is 14.8 Å². The molecule has 8 heteroatoms. The molecule has 0 saturated heterocycles. The number of carbonyl (C=O) groups excluding carboxylic acids is 1. The summed E-state index contributed by atoms with van der Waals surface area (Å²) in [4.78, 5) is 22.6. The largest absolute Gasteiger partial charge is 0.493 e. The number of carbonyl (C=O) groups is 2. The van der Waals surface area contributed by atoms with Gasteiger partial charge in [0.05, 0.1) is 14.2 Å². The van der Waals surface area contributed by atoms with E-state index in [0.29, 0.717) is 31.0 Å². The van der Waals surface area contributed by atoms with Crippen LogP contribution in [0.2, 0.25) is 0 Å². The lowest BCUT2D eigenvalue weighted by atomic mass is 10.1. The Balaban J connectivity index is 1.75. The molecule has 0 atom stereocenters. The zero-order valence-corrected chi connectivity index (χ0v) is 14.2. The summed E-state index contributed by atoms with van der Waals surface area (Å²) in [5.41, 5.74) is 0.991. The second-order valence-corrected chi connectivity index (χ2v) is 5.31. The lowest BCUT2D eigenvalue weighted by molar-refractivity contribution is -0.121. The van der Waals surface area contributed by atoms with E-state index in [2.05, 4.69) is 10.4 Å². The molecule has 2 N–H and O–H groups in total. The summed E-state index contributed by atoms with van der Waals surface area (Å²) in [7, 11) is 3.16. The lowest BCUT2D eigenvalue weighted by Gasteiger charge is -2.10. The number of nitrogens with zero attached hydrogens (tertiary/aromatic N) is 2. The van der Waals surface area contributed by atoms with Crippen LogP contribution in [0.15, 0.2) is 30.5 Å². The molecule has 25 heavy (non-hydrogen) atoms. The third-order valence-corrected chi connectivity index (χ3v) is 3.61. The fourth-order valence-corrected chi connectivity index (χ4v) is 2.29. The third-order valence-electron chi connectivity index (χ3n) is 3.61. The van der Waals surface area contributed by atoms with E-state index in [1.54, 1.807) is 20.4 Å². The summed E-state index contributed by atoms with van der Waals surface area (Å²) in [6, 6.07) is 7.03. The van der Waals surface area contributed by atoms with E-state index in [9.17, 15) is 9.59 Å². The molecule has 0 bridgehead atoms. The predicted molar refractivity (Wildman–Crippen MR) is 90.1 cm³/mol. The second-order valence-electron chi connectivity index (χ2n) is 5.31. The number of aromatic nitrogens is 2. The van der Waals surface area contributed by atoms with E-state index < -0.39 is 5.97 Å². The lowest BCUT2D eigenvalue weighted by Crippen LogP contribution is -2.26. The van der Waals surface area contributed by atoms with Gasteiger partial charge in [0.25, 0.3) is 0 Å². The number of methoxy groups -OCH3 is 2. The first-order valence-electron chi connectivity index (χ1n) is 7.78. The van der Waals surface area contributed by atoms with Crippen LogP contribution in [0.25, 0.3) is 0 Å². The molecule has 1 aromatic heterocycles. The van der Waals surface area contributed by atoms with E-state index in [0.717, 1.165) is 5.56 Å². The molecule has 0 aliphatic heterocycles. The number of hydrogen-bond donors (Lipinski definition) is 2. The molecule has 134 valence electrons. The first-order chi connectivity index (χ1) is 12.0. The van der Waals surface area contributed by atoms with Crippen molar-refractivity contribution in [2.24, 2.45) is 0 Å². The zero-order chi connectivity index (χ0) is 18.2. The summed E-state index contributed by atoms with van der Waals surface area (Å²) in [5.74, 6) is 0.112. The van der Waals surface area contributed by atoms with Gasteiger partial charge in [-0.15, -0.1) is 0 Å². The smallest absolute Gasteiger partial charge is 0.356 e. The van der Waals surface area contributed by atoms with Crippen LogP contribution in [0.4, 0.5) is 0 Å². The van der Waals surface area contributed by atoms with Crippen LogP contribution in [0.5, 0.6) is 11.5 Å². The molecule has 1 amide bonds. The number of hydrogen-bond acceptors (Lipinski definition) is 5. The normalized spacial score (nSPS) is 10.3. The Kier molecular flexibility index (Phi) is 6.39. The monoisotopic (exact) mass is 347 g/mol. The summed E-state index contributed by atoms with van der Waals surface area (Å²) in [6.45, 7) is 0.823. The number of aromatic carboxylic acids is 1. The van der Waals surface area contributed by atoms with Gasteiger partial charge in [0, 0.05) is 25.7 Å². The van der Waals surface area contributed by atoms with Gasteiger partial charge >= 0.3 is 5.97 Å². The van der Waals surface area contributed by atoms with Crippen molar-refractivity contribution in [2.75, 3.05) is 20.8 Å². The van der Waals surface area contributed by atoms with Crippen molar-refractivity contribution in [3.05, 3.63) is 41.7 Å². The molecular weight excluding hydrogens is 326 g/mol. The van der Waals surface area contributed by atoms with E-state index >= 15 is 0 Å². The first kappa shape index (κ1) is 18.3. The quantitative estimate of drug-likeness (QED) is 0.710. The molecule has 0 saturated carbocycles. The van der Waals surface area contributed by atoms with Crippen molar-refractivity contribution in [2.45, 2.75) is 19.4 Å². The molecule has 1 heterocycles. The summed E-state index contributed by atoms with van der Waals surface area (Å²) >= 11 is 0. The molecule has 1 aromatic carbocycles. The Morgan fingerprint density at radius 3 is 2.60 bits per heavy atom. The molecule has 0 aliphatic carbocycles. The minimum Gasteiger partial charge on any atom is -0.493 e. The molecule has 2 rings (SSSR count). The summed E-state index contributed by atoms with van der Waals surface area (Å²) < 4.78 is 11.9. The number of ether oxygens (including phenoxy) is 2. The van der Waals surface area contributed by atoms with E-state index in [1.165, 1.54) is 10.7 Å². The average molecular weight is 347 g/mol. The third kappa shape index (κ3) is 5.23. The number of carboxylic acid groups (broad SMARTS) is 1. The Morgan fingerprint density at radius 1 is 1.20 bits per heavy atom. The van der Waals surface area contributed by atoms with Crippen LogP contribution in [0, 0.1) is 0 Å². The molecule has 0 spiro atoms. The number of carboxylic acids is 1. The van der Waals surface area contributed by atoms with Gasteiger partial charge < -0.3 is 19.9 Å². The van der Waals surface area contributed by atoms with Gasteiger partial charge in [-0.25, -0.2) is 4.79 Å². The number of amides is 1. The Labute approximate surface area is 145 Å². The molecule has 0 unspecified atom stereocenters. The van der Waals surface area contributed by atoms with Crippen molar-refractivity contribution < 1.29 is 24.2 Å². The first-order valence-corrected chi connectivity index (χ1v) is 7.78. The molecule has 0 radical (unpaired) electrons.